The smallest absolute Gasteiger partial charge is 0.246 e. The van der Waals surface area contributed by atoms with Gasteiger partial charge in [0.2, 0.25) is 5.91 Å². The number of benzene rings is 1. The molecule has 3 nitrogen and oxygen atoms in total. The molecule has 0 aliphatic rings. The van der Waals surface area contributed by atoms with E-state index in [1.807, 2.05) is 24.3 Å². The van der Waals surface area contributed by atoms with Crippen LogP contribution in [0.1, 0.15) is 11.3 Å². The molecule has 0 bridgehead atoms. The van der Waals surface area contributed by atoms with Crippen molar-refractivity contribution in [1.29, 1.82) is 0 Å². The molecule has 2 rings (SSSR count). The first-order valence-corrected chi connectivity index (χ1v) is 7.11. The molecule has 21 heavy (non-hydrogen) atoms. The van der Waals surface area contributed by atoms with Crippen molar-refractivity contribution in [3.63, 3.8) is 0 Å². The minimum Gasteiger partial charge on any atom is -0.329 e. The van der Waals surface area contributed by atoms with Crippen molar-refractivity contribution in [2.45, 2.75) is 13.1 Å². The van der Waals surface area contributed by atoms with Gasteiger partial charge < -0.3 is 4.90 Å². The first-order chi connectivity index (χ1) is 10.1. The Hall–Kier alpha value is -1.84. The van der Waals surface area contributed by atoms with Crippen LogP contribution >= 0.6 is 23.2 Å². The van der Waals surface area contributed by atoms with Crippen LogP contribution in [0.3, 0.4) is 0 Å². The molecule has 0 unspecified atom stereocenters. The van der Waals surface area contributed by atoms with E-state index in [-0.39, 0.29) is 5.91 Å². The lowest BCUT2D eigenvalue weighted by Gasteiger charge is -2.21. The molecular formula is C16H14Cl2N2O. The van der Waals surface area contributed by atoms with E-state index >= 15 is 0 Å². The Morgan fingerprint density at radius 3 is 2.62 bits per heavy atom. The van der Waals surface area contributed by atoms with E-state index in [9.17, 15) is 4.79 Å². The van der Waals surface area contributed by atoms with Crippen LogP contribution in [0.15, 0.2) is 55.3 Å². The summed E-state index contributed by atoms with van der Waals surface area (Å²) >= 11 is 11.9. The van der Waals surface area contributed by atoms with Crippen LogP contribution in [0, 0.1) is 0 Å². The fourth-order valence-electron chi connectivity index (χ4n) is 1.89. The first-order valence-electron chi connectivity index (χ1n) is 6.35. The Morgan fingerprint density at radius 1 is 1.19 bits per heavy atom. The Kier molecular flexibility index (Phi) is 5.37. The van der Waals surface area contributed by atoms with E-state index in [2.05, 4.69) is 11.6 Å². The molecular weight excluding hydrogens is 307 g/mol. The number of carbonyl (C=O) groups excluding carboxylic acids is 1. The summed E-state index contributed by atoms with van der Waals surface area (Å²) in [6.07, 6.45) is 2.99. The second kappa shape index (κ2) is 7.25. The molecule has 1 amide bonds. The third-order valence-corrected chi connectivity index (χ3v) is 3.66. The van der Waals surface area contributed by atoms with Gasteiger partial charge in [-0.3, -0.25) is 9.78 Å². The van der Waals surface area contributed by atoms with Crippen molar-refractivity contribution in [1.82, 2.24) is 9.88 Å². The quantitative estimate of drug-likeness (QED) is 0.777. The molecule has 0 saturated carbocycles. The zero-order chi connectivity index (χ0) is 15.2. The summed E-state index contributed by atoms with van der Waals surface area (Å²) in [4.78, 5) is 17.9. The molecule has 0 radical (unpaired) electrons. The van der Waals surface area contributed by atoms with Gasteiger partial charge in [0.1, 0.15) is 0 Å². The Morgan fingerprint density at radius 2 is 2.00 bits per heavy atom. The topological polar surface area (TPSA) is 33.2 Å². The van der Waals surface area contributed by atoms with E-state index < -0.39 is 0 Å². The van der Waals surface area contributed by atoms with Gasteiger partial charge in [0.15, 0.2) is 0 Å². The van der Waals surface area contributed by atoms with Crippen molar-refractivity contribution in [3.8, 4) is 0 Å². The highest BCUT2D eigenvalue weighted by atomic mass is 35.5. The van der Waals surface area contributed by atoms with E-state index in [1.165, 1.54) is 6.08 Å². The Balaban J connectivity index is 2.18. The Bertz CT molecular complexity index is 644. The van der Waals surface area contributed by atoms with Gasteiger partial charge in [-0.1, -0.05) is 41.9 Å². The molecule has 0 spiro atoms. The number of hydrogen-bond donors (Lipinski definition) is 0. The number of aromatic nitrogens is 1. The Labute approximate surface area is 133 Å². The number of hydrogen-bond acceptors (Lipinski definition) is 2. The number of halogens is 2. The average Bonchev–Trinajstić information content (AvgIpc) is 2.50. The maximum absolute atomic E-state index is 12.0. The van der Waals surface area contributed by atoms with Crippen molar-refractivity contribution >= 4 is 29.1 Å². The average molecular weight is 321 g/mol. The molecule has 0 aliphatic carbocycles. The van der Waals surface area contributed by atoms with Crippen LogP contribution in [0.2, 0.25) is 10.0 Å². The minimum atomic E-state index is -0.160. The van der Waals surface area contributed by atoms with Crippen LogP contribution < -0.4 is 0 Å². The molecule has 108 valence electrons. The van der Waals surface area contributed by atoms with Crippen molar-refractivity contribution in [3.05, 3.63) is 76.6 Å². The number of nitrogens with zero attached hydrogens (tertiary/aromatic N) is 2. The summed E-state index contributed by atoms with van der Waals surface area (Å²) in [7, 11) is 0. The second-order valence-electron chi connectivity index (χ2n) is 4.47. The van der Waals surface area contributed by atoms with Crippen molar-refractivity contribution in [2.75, 3.05) is 0 Å². The molecule has 0 atom stereocenters. The molecule has 1 heterocycles. The van der Waals surface area contributed by atoms with Gasteiger partial charge in [-0.05, 0) is 35.9 Å². The monoisotopic (exact) mass is 320 g/mol. The fraction of sp³-hybridized carbons (Fsp3) is 0.125. The summed E-state index contributed by atoms with van der Waals surface area (Å²) in [6, 6.07) is 10.9. The van der Waals surface area contributed by atoms with E-state index in [0.717, 1.165) is 11.3 Å². The largest absolute Gasteiger partial charge is 0.329 e. The lowest BCUT2D eigenvalue weighted by Crippen LogP contribution is -2.28. The highest BCUT2D eigenvalue weighted by Gasteiger charge is 2.13. The number of pyridine rings is 1. The zero-order valence-electron chi connectivity index (χ0n) is 11.3. The van der Waals surface area contributed by atoms with E-state index in [1.54, 1.807) is 23.2 Å². The van der Waals surface area contributed by atoms with Gasteiger partial charge in [0.05, 0.1) is 22.3 Å². The third kappa shape index (κ3) is 4.31. The van der Waals surface area contributed by atoms with E-state index in [0.29, 0.717) is 23.1 Å². The number of rotatable bonds is 5. The lowest BCUT2D eigenvalue weighted by molar-refractivity contribution is -0.127. The summed E-state index contributed by atoms with van der Waals surface area (Å²) in [5.74, 6) is -0.160. The van der Waals surface area contributed by atoms with Crippen LogP contribution in [0.25, 0.3) is 0 Å². The summed E-state index contributed by atoms with van der Waals surface area (Å²) in [5.41, 5.74) is 1.71. The molecule has 0 N–H and O–H groups in total. The minimum absolute atomic E-state index is 0.160. The van der Waals surface area contributed by atoms with Crippen LogP contribution in [-0.2, 0) is 17.9 Å². The normalized spacial score (nSPS) is 10.2. The number of amides is 1. The van der Waals surface area contributed by atoms with Crippen LogP contribution in [0.4, 0.5) is 0 Å². The van der Waals surface area contributed by atoms with Crippen LogP contribution in [0.5, 0.6) is 0 Å². The molecule has 1 aromatic heterocycles. The van der Waals surface area contributed by atoms with Gasteiger partial charge in [-0.15, -0.1) is 0 Å². The third-order valence-electron chi connectivity index (χ3n) is 2.92. The van der Waals surface area contributed by atoms with E-state index in [4.69, 9.17) is 23.2 Å². The maximum atomic E-state index is 12.0. The number of carbonyl (C=O) groups is 1. The lowest BCUT2D eigenvalue weighted by atomic mass is 10.2. The molecule has 5 heteroatoms. The molecule has 2 aromatic rings. The molecule has 0 fully saturated rings. The highest BCUT2D eigenvalue weighted by molar-refractivity contribution is 6.42. The van der Waals surface area contributed by atoms with Gasteiger partial charge >= 0.3 is 0 Å². The standard InChI is InChI=1S/C16H14Cl2N2O/c1-2-16(21)20(11-13-5-3-4-8-19-13)10-12-6-7-14(17)15(18)9-12/h2-9H,1,10-11H2. The molecule has 0 aliphatic heterocycles. The molecule has 1 aromatic carbocycles. The first kappa shape index (κ1) is 15.5. The van der Waals surface area contributed by atoms with Crippen molar-refractivity contribution < 1.29 is 4.79 Å². The predicted molar refractivity (Wildman–Crippen MR) is 85.2 cm³/mol. The zero-order valence-corrected chi connectivity index (χ0v) is 12.8. The highest BCUT2D eigenvalue weighted by Crippen LogP contribution is 2.23. The van der Waals surface area contributed by atoms with Gasteiger partial charge in [0.25, 0.3) is 0 Å². The molecule has 0 saturated heterocycles. The second-order valence-corrected chi connectivity index (χ2v) is 5.28. The summed E-state index contributed by atoms with van der Waals surface area (Å²) < 4.78 is 0. The fourth-order valence-corrected chi connectivity index (χ4v) is 2.21. The maximum Gasteiger partial charge on any atom is 0.246 e. The van der Waals surface area contributed by atoms with Gasteiger partial charge in [0, 0.05) is 12.7 Å². The SMILES string of the molecule is C=CC(=O)N(Cc1ccc(Cl)c(Cl)c1)Cc1ccccn1. The van der Waals surface area contributed by atoms with Gasteiger partial charge in [-0.25, -0.2) is 0 Å². The predicted octanol–water partition coefficient (Wildman–Crippen LogP) is 4.10. The van der Waals surface area contributed by atoms with Gasteiger partial charge in [-0.2, -0.15) is 0 Å². The van der Waals surface area contributed by atoms with Crippen molar-refractivity contribution in [2.24, 2.45) is 0 Å². The summed E-state index contributed by atoms with van der Waals surface area (Å²) in [6.45, 7) is 4.36. The summed E-state index contributed by atoms with van der Waals surface area (Å²) in [5, 5.41) is 0.963. The van der Waals surface area contributed by atoms with Crippen LogP contribution in [-0.4, -0.2) is 15.8 Å².